The summed E-state index contributed by atoms with van der Waals surface area (Å²) in [6, 6.07) is 20.7. The van der Waals surface area contributed by atoms with Gasteiger partial charge in [-0.25, -0.2) is 0 Å². The van der Waals surface area contributed by atoms with Gasteiger partial charge in [-0.3, -0.25) is 0 Å². The second-order valence-electron chi connectivity index (χ2n) is 4.94. The second-order valence-corrected chi connectivity index (χ2v) is 4.94. The lowest BCUT2D eigenvalue weighted by Crippen LogP contribution is -2.14. The third-order valence-corrected chi connectivity index (χ3v) is 3.43. The van der Waals surface area contributed by atoms with Crippen molar-refractivity contribution in [3.8, 4) is 0 Å². The number of rotatable bonds is 4. The number of oxime groups is 1. The average Bonchev–Trinajstić information content (AvgIpc) is 2.94. The highest BCUT2D eigenvalue weighted by Crippen LogP contribution is 2.18. The van der Waals surface area contributed by atoms with Gasteiger partial charge >= 0.3 is 0 Å². The molecule has 0 amide bonds. The van der Waals surface area contributed by atoms with Crippen LogP contribution in [0.25, 0.3) is 6.08 Å². The molecule has 2 aromatic carbocycles. The molecule has 2 nitrogen and oxygen atoms in total. The van der Waals surface area contributed by atoms with Crippen molar-refractivity contribution in [1.82, 2.24) is 0 Å². The Bertz CT molecular complexity index is 602. The minimum atomic E-state index is 0.345. The zero-order chi connectivity index (χ0) is 13.6. The minimum absolute atomic E-state index is 0.345. The van der Waals surface area contributed by atoms with E-state index in [1.807, 2.05) is 24.3 Å². The molecule has 2 heteroatoms. The molecule has 0 saturated heterocycles. The summed E-state index contributed by atoms with van der Waals surface area (Å²) in [6.45, 7) is 0.670. The number of allylic oxidation sites excluding steroid dienone is 1. The van der Waals surface area contributed by atoms with Gasteiger partial charge in [-0.15, -0.1) is 0 Å². The van der Waals surface area contributed by atoms with Crippen LogP contribution in [0.4, 0.5) is 0 Å². The first-order valence-electron chi connectivity index (χ1n) is 6.89. The molecule has 2 aromatic rings. The van der Waals surface area contributed by atoms with E-state index >= 15 is 0 Å². The topological polar surface area (TPSA) is 21.6 Å². The molecular weight excluding hydrogens is 246 g/mol. The van der Waals surface area contributed by atoms with Crippen LogP contribution in [-0.2, 0) is 11.3 Å². The molecule has 0 aliphatic carbocycles. The molecule has 0 saturated carbocycles. The Kier molecular flexibility index (Phi) is 3.93. The van der Waals surface area contributed by atoms with E-state index in [4.69, 9.17) is 4.84 Å². The smallest absolute Gasteiger partial charge is 0.126 e. The van der Waals surface area contributed by atoms with Crippen LogP contribution in [0.2, 0.25) is 0 Å². The summed E-state index contributed by atoms with van der Waals surface area (Å²) in [4.78, 5) is 5.27. The molecular formula is C18H17NO. The molecule has 1 heterocycles. The number of hydrogen-bond acceptors (Lipinski definition) is 2. The molecule has 3 rings (SSSR count). The van der Waals surface area contributed by atoms with E-state index < -0.39 is 0 Å². The maximum absolute atomic E-state index is 5.27. The van der Waals surface area contributed by atoms with E-state index in [1.165, 1.54) is 11.1 Å². The van der Waals surface area contributed by atoms with Crippen molar-refractivity contribution in [2.45, 2.75) is 6.42 Å². The lowest BCUT2D eigenvalue weighted by atomic mass is 9.95. The monoisotopic (exact) mass is 263 g/mol. The molecule has 1 aliphatic heterocycles. The quantitative estimate of drug-likeness (QED) is 0.818. The van der Waals surface area contributed by atoms with Crippen molar-refractivity contribution >= 4 is 11.8 Å². The Morgan fingerprint density at radius 1 is 0.950 bits per heavy atom. The molecule has 0 aromatic heterocycles. The Morgan fingerprint density at radius 2 is 1.65 bits per heavy atom. The fourth-order valence-corrected chi connectivity index (χ4v) is 2.34. The Morgan fingerprint density at radius 3 is 2.40 bits per heavy atom. The number of nitrogens with zero attached hydrogens (tertiary/aromatic N) is 1. The van der Waals surface area contributed by atoms with Crippen molar-refractivity contribution in [2.75, 3.05) is 6.61 Å². The fourth-order valence-electron chi connectivity index (χ4n) is 2.34. The maximum atomic E-state index is 5.27. The van der Waals surface area contributed by atoms with E-state index in [9.17, 15) is 0 Å². The number of benzene rings is 2. The lowest BCUT2D eigenvalue weighted by Gasteiger charge is -2.07. The van der Waals surface area contributed by atoms with E-state index in [0.717, 1.165) is 12.1 Å². The third kappa shape index (κ3) is 3.15. The van der Waals surface area contributed by atoms with Crippen molar-refractivity contribution in [3.63, 3.8) is 0 Å². The molecule has 1 atom stereocenters. The minimum Gasteiger partial charge on any atom is -0.395 e. The molecule has 0 radical (unpaired) electrons. The number of hydrogen-bond donors (Lipinski definition) is 0. The van der Waals surface area contributed by atoms with Crippen LogP contribution in [0.3, 0.4) is 0 Å². The van der Waals surface area contributed by atoms with Gasteiger partial charge in [-0.05, 0) is 23.6 Å². The Labute approximate surface area is 119 Å². The summed E-state index contributed by atoms with van der Waals surface area (Å²) in [7, 11) is 0. The van der Waals surface area contributed by atoms with Gasteiger partial charge in [0.15, 0.2) is 0 Å². The summed E-state index contributed by atoms with van der Waals surface area (Å²) in [5.74, 6) is 0.345. The van der Waals surface area contributed by atoms with Crippen LogP contribution in [0.1, 0.15) is 11.1 Å². The van der Waals surface area contributed by atoms with Crippen LogP contribution in [0, 0.1) is 5.92 Å². The van der Waals surface area contributed by atoms with Gasteiger partial charge in [0, 0.05) is 5.92 Å². The van der Waals surface area contributed by atoms with Crippen LogP contribution in [-0.4, -0.2) is 12.3 Å². The van der Waals surface area contributed by atoms with Crippen LogP contribution in [0.5, 0.6) is 0 Å². The Hall–Kier alpha value is -2.35. The van der Waals surface area contributed by atoms with Gasteiger partial charge in [0.1, 0.15) is 6.61 Å². The normalized spacial score (nSPS) is 18.0. The van der Waals surface area contributed by atoms with Gasteiger partial charge in [0.05, 0.1) is 5.71 Å². The first kappa shape index (κ1) is 12.7. The predicted octanol–water partition coefficient (Wildman–Crippen LogP) is 3.94. The van der Waals surface area contributed by atoms with E-state index in [-0.39, 0.29) is 0 Å². The second kappa shape index (κ2) is 6.20. The molecule has 0 bridgehead atoms. The highest BCUT2D eigenvalue weighted by molar-refractivity contribution is 6.00. The maximum Gasteiger partial charge on any atom is 0.126 e. The molecule has 0 spiro atoms. The van der Waals surface area contributed by atoms with E-state index in [1.54, 1.807) is 0 Å². The summed E-state index contributed by atoms with van der Waals surface area (Å²) >= 11 is 0. The van der Waals surface area contributed by atoms with Gasteiger partial charge in [0.2, 0.25) is 0 Å². The van der Waals surface area contributed by atoms with Crippen molar-refractivity contribution in [3.05, 3.63) is 77.9 Å². The van der Waals surface area contributed by atoms with Gasteiger partial charge in [-0.1, -0.05) is 71.9 Å². The van der Waals surface area contributed by atoms with Crippen LogP contribution < -0.4 is 0 Å². The van der Waals surface area contributed by atoms with Crippen LogP contribution in [0.15, 0.2) is 71.9 Å². The highest BCUT2D eigenvalue weighted by Gasteiger charge is 2.21. The zero-order valence-electron chi connectivity index (χ0n) is 11.3. The first-order valence-corrected chi connectivity index (χ1v) is 6.89. The summed E-state index contributed by atoms with van der Waals surface area (Å²) < 4.78 is 0. The zero-order valence-corrected chi connectivity index (χ0v) is 11.3. The molecule has 0 fully saturated rings. The van der Waals surface area contributed by atoms with Gasteiger partial charge < -0.3 is 4.84 Å². The Balaban J connectivity index is 1.68. The summed E-state index contributed by atoms with van der Waals surface area (Å²) in [6.07, 6.45) is 5.13. The van der Waals surface area contributed by atoms with Crippen molar-refractivity contribution in [2.24, 2.45) is 11.1 Å². The molecule has 100 valence electrons. The molecule has 0 N–H and O–H groups in total. The lowest BCUT2D eigenvalue weighted by molar-refractivity contribution is 0.154. The largest absolute Gasteiger partial charge is 0.395 e. The van der Waals surface area contributed by atoms with Crippen molar-refractivity contribution in [1.29, 1.82) is 0 Å². The molecule has 1 unspecified atom stereocenters. The predicted molar refractivity (Wildman–Crippen MR) is 82.5 cm³/mol. The standard InChI is InChI=1S/C18H17NO/c1-3-7-15(8-4-1)11-12-18-17(14-20-19-18)13-16-9-5-2-6-10-16/h1-12,17H,13-14H2/b12-11-. The molecule has 1 aliphatic rings. The van der Waals surface area contributed by atoms with Gasteiger partial charge in [-0.2, -0.15) is 0 Å². The van der Waals surface area contributed by atoms with Crippen molar-refractivity contribution < 1.29 is 4.84 Å². The SMILES string of the molecule is C(=C/c1ccccc1)/C1=NOCC1Cc1ccccc1. The van der Waals surface area contributed by atoms with Crippen LogP contribution >= 0.6 is 0 Å². The average molecular weight is 263 g/mol. The first-order chi connectivity index (χ1) is 9.92. The summed E-state index contributed by atoms with van der Waals surface area (Å²) in [5, 5.41) is 4.16. The third-order valence-electron chi connectivity index (χ3n) is 3.43. The highest BCUT2D eigenvalue weighted by atomic mass is 16.6. The summed E-state index contributed by atoms with van der Waals surface area (Å²) in [5.41, 5.74) is 3.53. The fraction of sp³-hybridized carbons (Fsp3) is 0.167. The van der Waals surface area contributed by atoms with E-state index in [0.29, 0.717) is 12.5 Å². The molecule has 20 heavy (non-hydrogen) atoms. The van der Waals surface area contributed by atoms with Gasteiger partial charge in [0.25, 0.3) is 0 Å². The van der Waals surface area contributed by atoms with E-state index in [2.05, 4.69) is 53.7 Å².